The molecule has 1 N–H and O–H groups in total. The van der Waals surface area contributed by atoms with Gasteiger partial charge < -0.3 is 0 Å². The van der Waals surface area contributed by atoms with E-state index in [4.69, 9.17) is 11.6 Å². The molecule has 6 nitrogen and oxygen atoms in total. The zero-order chi connectivity index (χ0) is 13.2. The van der Waals surface area contributed by atoms with Gasteiger partial charge in [0.15, 0.2) is 9.84 Å². The van der Waals surface area contributed by atoms with Gasteiger partial charge in [0, 0.05) is 6.20 Å². The highest BCUT2D eigenvalue weighted by Crippen LogP contribution is 2.20. The van der Waals surface area contributed by atoms with Crippen LogP contribution in [0, 0.1) is 0 Å². The second kappa shape index (κ2) is 5.19. The summed E-state index contributed by atoms with van der Waals surface area (Å²) in [7, 11) is -3.35. The van der Waals surface area contributed by atoms with E-state index in [1.54, 1.807) is 0 Å². The Balaban J connectivity index is 2.12. The molecule has 1 aromatic heterocycles. The maximum absolute atomic E-state index is 11.9. The smallest absolute Gasteiger partial charge is 0.245 e. The number of amides is 1. The molecule has 1 fully saturated rings. The predicted octanol–water partition coefficient (Wildman–Crippen LogP) is 1.04. The summed E-state index contributed by atoms with van der Waals surface area (Å²) < 4.78 is 23.5. The highest BCUT2D eigenvalue weighted by molar-refractivity contribution is 7.92. The molecule has 0 radical (unpaired) electrons. The van der Waals surface area contributed by atoms with E-state index in [2.05, 4.69) is 15.3 Å². The first kappa shape index (κ1) is 13.2. The Hall–Kier alpha value is -1.21. The van der Waals surface area contributed by atoms with Gasteiger partial charge in [-0.1, -0.05) is 18.0 Å². The summed E-state index contributed by atoms with van der Waals surface area (Å²) in [6.07, 6.45) is 3.07. The molecule has 0 saturated carbocycles. The second-order valence-electron chi connectivity index (χ2n) is 4.04. The minimum Gasteiger partial charge on any atom is -0.293 e. The Morgan fingerprint density at radius 1 is 1.44 bits per heavy atom. The standard InChI is InChI=1S/C10H12ClN3O3S/c11-8-4-5-12-10(13-8)14-9(15)7-3-1-2-6-18(7,16)17/h4-5,7H,1-3,6H2,(H,12,13,14,15). The summed E-state index contributed by atoms with van der Waals surface area (Å²) in [5.74, 6) is -0.508. The van der Waals surface area contributed by atoms with E-state index in [1.165, 1.54) is 12.3 Å². The van der Waals surface area contributed by atoms with Crippen LogP contribution in [-0.2, 0) is 14.6 Å². The topological polar surface area (TPSA) is 89.0 Å². The molecule has 1 atom stereocenters. The molecule has 0 bridgehead atoms. The lowest BCUT2D eigenvalue weighted by atomic mass is 10.2. The fraction of sp³-hybridized carbons (Fsp3) is 0.500. The molecular formula is C10H12ClN3O3S. The molecule has 1 saturated heterocycles. The van der Waals surface area contributed by atoms with Crippen molar-refractivity contribution in [3.8, 4) is 0 Å². The number of carbonyl (C=O) groups excluding carboxylic acids is 1. The predicted molar refractivity (Wildman–Crippen MR) is 67.1 cm³/mol. The molecule has 1 aliphatic heterocycles. The average molecular weight is 290 g/mol. The molecule has 98 valence electrons. The molecule has 0 aliphatic carbocycles. The van der Waals surface area contributed by atoms with Crippen molar-refractivity contribution in [2.75, 3.05) is 11.1 Å². The molecule has 18 heavy (non-hydrogen) atoms. The van der Waals surface area contributed by atoms with Crippen LogP contribution in [0.2, 0.25) is 5.15 Å². The number of carbonyl (C=O) groups is 1. The van der Waals surface area contributed by atoms with Gasteiger partial charge in [0.1, 0.15) is 10.4 Å². The van der Waals surface area contributed by atoms with Crippen LogP contribution in [0.5, 0.6) is 0 Å². The molecule has 0 spiro atoms. The summed E-state index contributed by atoms with van der Waals surface area (Å²) in [6, 6.07) is 1.47. The SMILES string of the molecule is O=C(Nc1nccc(Cl)n1)C1CCCCS1(=O)=O. The van der Waals surface area contributed by atoms with Crippen molar-refractivity contribution in [3.63, 3.8) is 0 Å². The van der Waals surface area contributed by atoms with E-state index < -0.39 is 21.0 Å². The molecule has 1 amide bonds. The lowest BCUT2D eigenvalue weighted by molar-refractivity contribution is -0.116. The number of hydrogen-bond acceptors (Lipinski definition) is 5. The third-order valence-corrected chi connectivity index (χ3v) is 5.11. The van der Waals surface area contributed by atoms with Crippen LogP contribution in [0.1, 0.15) is 19.3 Å². The van der Waals surface area contributed by atoms with E-state index in [0.29, 0.717) is 12.8 Å². The lowest BCUT2D eigenvalue weighted by Gasteiger charge is -2.20. The highest BCUT2D eigenvalue weighted by atomic mass is 35.5. The lowest BCUT2D eigenvalue weighted by Crippen LogP contribution is -2.39. The Morgan fingerprint density at radius 2 is 2.22 bits per heavy atom. The van der Waals surface area contributed by atoms with Crippen molar-refractivity contribution in [1.29, 1.82) is 0 Å². The van der Waals surface area contributed by atoms with Gasteiger partial charge in [-0.15, -0.1) is 0 Å². The van der Waals surface area contributed by atoms with Crippen LogP contribution in [0.15, 0.2) is 12.3 Å². The van der Waals surface area contributed by atoms with Crippen molar-refractivity contribution in [2.45, 2.75) is 24.5 Å². The first-order chi connectivity index (χ1) is 8.49. The average Bonchev–Trinajstić information content (AvgIpc) is 2.28. The van der Waals surface area contributed by atoms with Crippen LogP contribution >= 0.6 is 11.6 Å². The number of aromatic nitrogens is 2. The normalized spacial score (nSPS) is 22.4. The van der Waals surface area contributed by atoms with E-state index in [1.807, 2.05) is 0 Å². The minimum absolute atomic E-state index is 0.0215. The summed E-state index contributed by atoms with van der Waals surface area (Å²) >= 11 is 5.65. The quantitative estimate of drug-likeness (QED) is 0.822. The Bertz CT molecular complexity index is 561. The fourth-order valence-electron chi connectivity index (χ4n) is 1.84. The van der Waals surface area contributed by atoms with Gasteiger partial charge >= 0.3 is 0 Å². The van der Waals surface area contributed by atoms with Gasteiger partial charge in [-0.3, -0.25) is 10.1 Å². The number of rotatable bonds is 2. The van der Waals surface area contributed by atoms with E-state index >= 15 is 0 Å². The van der Waals surface area contributed by atoms with E-state index in [-0.39, 0.29) is 16.9 Å². The first-order valence-electron chi connectivity index (χ1n) is 5.50. The van der Waals surface area contributed by atoms with Gasteiger partial charge in [-0.25, -0.2) is 18.4 Å². The highest BCUT2D eigenvalue weighted by Gasteiger charge is 2.35. The third kappa shape index (κ3) is 2.97. The number of anilines is 1. The summed E-state index contributed by atoms with van der Waals surface area (Å²) in [5.41, 5.74) is 0. The Morgan fingerprint density at radius 3 is 2.89 bits per heavy atom. The second-order valence-corrected chi connectivity index (χ2v) is 6.73. The van der Waals surface area contributed by atoms with Crippen LogP contribution in [0.4, 0.5) is 5.95 Å². The number of sulfone groups is 1. The number of nitrogens with zero attached hydrogens (tertiary/aromatic N) is 2. The van der Waals surface area contributed by atoms with Crippen molar-refractivity contribution in [3.05, 3.63) is 17.4 Å². The Kier molecular flexibility index (Phi) is 3.82. The van der Waals surface area contributed by atoms with Crippen LogP contribution < -0.4 is 5.32 Å². The molecular weight excluding hydrogens is 278 g/mol. The van der Waals surface area contributed by atoms with Crippen LogP contribution in [-0.4, -0.2) is 35.3 Å². The van der Waals surface area contributed by atoms with Gasteiger partial charge in [-0.05, 0) is 18.9 Å². The first-order valence-corrected chi connectivity index (χ1v) is 7.59. The van der Waals surface area contributed by atoms with Gasteiger partial charge in [0.05, 0.1) is 5.75 Å². The van der Waals surface area contributed by atoms with Gasteiger partial charge in [-0.2, -0.15) is 0 Å². The zero-order valence-corrected chi connectivity index (χ0v) is 11.0. The molecule has 1 unspecified atom stereocenters. The summed E-state index contributed by atoms with van der Waals surface area (Å²) in [6.45, 7) is 0. The molecule has 1 aliphatic rings. The fourth-order valence-corrected chi connectivity index (χ4v) is 3.77. The van der Waals surface area contributed by atoms with E-state index in [0.717, 1.165) is 6.42 Å². The summed E-state index contributed by atoms with van der Waals surface area (Å²) in [4.78, 5) is 19.5. The van der Waals surface area contributed by atoms with Crippen molar-refractivity contribution in [1.82, 2.24) is 9.97 Å². The molecule has 8 heteroatoms. The van der Waals surface area contributed by atoms with Crippen molar-refractivity contribution < 1.29 is 13.2 Å². The van der Waals surface area contributed by atoms with Gasteiger partial charge in [0.25, 0.3) is 0 Å². The molecule has 2 heterocycles. The van der Waals surface area contributed by atoms with Gasteiger partial charge in [0.2, 0.25) is 11.9 Å². The van der Waals surface area contributed by atoms with Crippen molar-refractivity contribution >= 4 is 33.3 Å². The third-order valence-electron chi connectivity index (χ3n) is 2.73. The maximum Gasteiger partial charge on any atom is 0.245 e. The van der Waals surface area contributed by atoms with Crippen LogP contribution in [0.25, 0.3) is 0 Å². The molecule has 1 aromatic rings. The van der Waals surface area contributed by atoms with Crippen molar-refractivity contribution in [2.24, 2.45) is 0 Å². The Labute approximate surface area is 110 Å². The van der Waals surface area contributed by atoms with Crippen LogP contribution in [0.3, 0.4) is 0 Å². The monoisotopic (exact) mass is 289 g/mol. The number of halogens is 1. The zero-order valence-electron chi connectivity index (χ0n) is 9.47. The van der Waals surface area contributed by atoms with E-state index in [9.17, 15) is 13.2 Å². The minimum atomic E-state index is -3.35. The molecule has 0 aromatic carbocycles. The number of hydrogen-bond donors (Lipinski definition) is 1. The number of nitrogens with one attached hydrogen (secondary N) is 1. The molecule has 2 rings (SSSR count). The maximum atomic E-state index is 11.9. The summed E-state index contributed by atoms with van der Waals surface area (Å²) in [5, 5.41) is 1.56. The largest absolute Gasteiger partial charge is 0.293 e.